The number of methoxy groups -OCH3 is 1. The Kier molecular flexibility index (Phi) is 9.03. The molecular formula is C23H31N3O8. The van der Waals surface area contributed by atoms with Crippen LogP contribution in [0.25, 0.3) is 10.4 Å². The van der Waals surface area contributed by atoms with Crippen molar-refractivity contribution in [3.63, 3.8) is 0 Å². The summed E-state index contributed by atoms with van der Waals surface area (Å²) in [4.78, 5) is 15.1. The Morgan fingerprint density at radius 1 is 1.29 bits per heavy atom. The van der Waals surface area contributed by atoms with E-state index >= 15 is 0 Å². The number of hydrogen-bond donors (Lipinski definition) is 0. The second-order valence-corrected chi connectivity index (χ2v) is 8.31. The molecule has 11 heteroatoms. The van der Waals surface area contributed by atoms with Crippen molar-refractivity contribution in [3.05, 3.63) is 58.5 Å². The highest BCUT2D eigenvalue weighted by atomic mass is 16.8. The van der Waals surface area contributed by atoms with Gasteiger partial charge in [-0.2, -0.15) is 0 Å². The second kappa shape index (κ2) is 11.8. The van der Waals surface area contributed by atoms with Gasteiger partial charge < -0.3 is 33.2 Å². The van der Waals surface area contributed by atoms with Crippen LogP contribution in [0.1, 0.15) is 26.3 Å². The molecule has 34 heavy (non-hydrogen) atoms. The standard InChI is InChI=1S/C23H31N3O8/c1-5-30-17(27)11-12-23(25-26-24,14-29-15-28-4)20-18(31-13-16-9-7-6-8-10-16)19-21(32-20)34-22(2,3)33-19/h6-12,18-21H,5,13-15H2,1-4H3/b12-11+. The molecule has 11 nitrogen and oxygen atoms in total. The van der Waals surface area contributed by atoms with Gasteiger partial charge in [-0.05, 0) is 31.9 Å². The van der Waals surface area contributed by atoms with Crippen LogP contribution in [0.4, 0.5) is 0 Å². The Labute approximate surface area is 198 Å². The molecule has 2 saturated heterocycles. The molecule has 5 unspecified atom stereocenters. The Morgan fingerprint density at radius 3 is 2.74 bits per heavy atom. The minimum atomic E-state index is -1.48. The molecule has 3 rings (SSSR count). The van der Waals surface area contributed by atoms with E-state index in [-0.39, 0.29) is 26.6 Å². The monoisotopic (exact) mass is 477 g/mol. The van der Waals surface area contributed by atoms with E-state index in [0.717, 1.165) is 5.56 Å². The zero-order chi connectivity index (χ0) is 24.6. The fourth-order valence-electron chi connectivity index (χ4n) is 3.95. The smallest absolute Gasteiger partial charge is 0.330 e. The minimum Gasteiger partial charge on any atom is -0.463 e. The topological polar surface area (TPSA) is 130 Å². The lowest BCUT2D eigenvalue weighted by Crippen LogP contribution is -2.51. The van der Waals surface area contributed by atoms with Crippen molar-refractivity contribution in [1.82, 2.24) is 0 Å². The van der Waals surface area contributed by atoms with Gasteiger partial charge >= 0.3 is 5.97 Å². The van der Waals surface area contributed by atoms with Crippen LogP contribution in [0.15, 0.2) is 47.6 Å². The summed E-state index contributed by atoms with van der Waals surface area (Å²) < 4.78 is 40.0. The van der Waals surface area contributed by atoms with Gasteiger partial charge in [-0.25, -0.2) is 4.79 Å². The normalized spacial score (nSPS) is 27.2. The van der Waals surface area contributed by atoms with Crippen LogP contribution in [0.2, 0.25) is 0 Å². The highest BCUT2D eigenvalue weighted by molar-refractivity contribution is 5.82. The van der Waals surface area contributed by atoms with Crippen molar-refractivity contribution < 1.29 is 38.0 Å². The average molecular weight is 478 g/mol. The number of nitrogens with zero attached hydrogens (tertiary/aromatic N) is 3. The number of carbonyl (C=O) groups is 1. The number of rotatable bonds is 12. The molecule has 1 aromatic carbocycles. The van der Waals surface area contributed by atoms with Crippen molar-refractivity contribution in [2.45, 2.75) is 63.3 Å². The van der Waals surface area contributed by atoms with E-state index in [9.17, 15) is 10.3 Å². The van der Waals surface area contributed by atoms with E-state index in [1.165, 1.54) is 19.3 Å². The van der Waals surface area contributed by atoms with Gasteiger partial charge in [0.25, 0.3) is 0 Å². The van der Waals surface area contributed by atoms with Crippen molar-refractivity contribution in [1.29, 1.82) is 0 Å². The second-order valence-electron chi connectivity index (χ2n) is 8.31. The highest BCUT2D eigenvalue weighted by Gasteiger charge is 2.60. The summed E-state index contributed by atoms with van der Waals surface area (Å²) in [6, 6.07) is 9.60. The molecule has 2 heterocycles. The summed E-state index contributed by atoms with van der Waals surface area (Å²) in [5.41, 5.74) is 8.89. The maximum atomic E-state index is 12.1. The number of carbonyl (C=O) groups excluding carboxylic acids is 1. The first-order chi connectivity index (χ1) is 16.3. The largest absolute Gasteiger partial charge is 0.463 e. The molecular weight excluding hydrogens is 446 g/mol. The average Bonchev–Trinajstić information content (AvgIpc) is 3.29. The van der Waals surface area contributed by atoms with E-state index in [4.69, 9.17) is 33.2 Å². The minimum absolute atomic E-state index is 0.0644. The van der Waals surface area contributed by atoms with Crippen LogP contribution in [0, 0.1) is 0 Å². The van der Waals surface area contributed by atoms with Gasteiger partial charge in [0.15, 0.2) is 12.1 Å². The molecule has 2 aliphatic heterocycles. The summed E-state index contributed by atoms with van der Waals surface area (Å²) in [6.07, 6.45) is -0.388. The summed E-state index contributed by atoms with van der Waals surface area (Å²) in [5.74, 6) is -1.48. The molecule has 0 aromatic heterocycles. The SMILES string of the molecule is CCOC(=O)/C=C/C(COCOC)(N=[N+]=[N-])C1OC2OC(C)(C)OC2C1OCc1ccccc1. The third kappa shape index (κ3) is 6.34. The maximum Gasteiger partial charge on any atom is 0.330 e. The number of benzene rings is 1. The van der Waals surface area contributed by atoms with Gasteiger partial charge in [-0.1, -0.05) is 41.5 Å². The Morgan fingerprint density at radius 2 is 2.06 bits per heavy atom. The van der Waals surface area contributed by atoms with Crippen molar-refractivity contribution in [3.8, 4) is 0 Å². The lowest BCUT2D eigenvalue weighted by Gasteiger charge is -2.36. The van der Waals surface area contributed by atoms with Gasteiger partial charge in [0.1, 0.15) is 30.6 Å². The molecule has 186 valence electrons. The molecule has 0 amide bonds. The molecule has 2 fully saturated rings. The Bertz CT molecular complexity index is 889. The molecule has 0 saturated carbocycles. The summed E-state index contributed by atoms with van der Waals surface area (Å²) in [5, 5.41) is 4.00. The lowest BCUT2D eigenvalue weighted by molar-refractivity contribution is -0.227. The van der Waals surface area contributed by atoms with Crippen LogP contribution < -0.4 is 0 Å². The predicted molar refractivity (Wildman–Crippen MR) is 119 cm³/mol. The van der Waals surface area contributed by atoms with Gasteiger partial charge in [0, 0.05) is 18.1 Å². The van der Waals surface area contributed by atoms with Crippen LogP contribution in [0.3, 0.4) is 0 Å². The fraction of sp³-hybridized carbons (Fsp3) is 0.609. The third-order valence-corrected chi connectivity index (χ3v) is 5.33. The molecule has 0 bridgehead atoms. The maximum absolute atomic E-state index is 12.1. The number of hydrogen-bond acceptors (Lipinski definition) is 9. The van der Waals surface area contributed by atoms with Crippen LogP contribution in [-0.4, -0.2) is 69.0 Å². The molecule has 0 radical (unpaired) electrons. The van der Waals surface area contributed by atoms with Gasteiger partial charge in [0.2, 0.25) is 0 Å². The number of esters is 1. The quantitative estimate of drug-likeness (QED) is 0.0853. The summed E-state index contributed by atoms with van der Waals surface area (Å²) in [6.45, 7) is 5.48. The zero-order valence-corrected chi connectivity index (χ0v) is 19.8. The van der Waals surface area contributed by atoms with E-state index in [2.05, 4.69) is 10.0 Å². The summed E-state index contributed by atoms with van der Waals surface area (Å²) in [7, 11) is 1.47. The molecule has 1 aromatic rings. The molecule has 0 N–H and O–H groups in total. The van der Waals surface area contributed by atoms with Gasteiger partial charge in [0.05, 0.1) is 19.8 Å². The van der Waals surface area contributed by atoms with Crippen LogP contribution in [0.5, 0.6) is 0 Å². The number of ether oxygens (including phenoxy) is 7. The van der Waals surface area contributed by atoms with E-state index in [1.54, 1.807) is 20.8 Å². The van der Waals surface area contributed by atoms with E-state index in [0.29, 0.717) is 0 Å². The first kappa shape index (κ1) is 26.1. The van der Waals surface area contributed by atoms with Gasteiger partial charge in [-0.15, -0.1) is 0 Å². The molecule has 0 spiro atoms. The van der Waals surface area contributed by atoms with E-state index in [1.807, 2.05) is 30.3 Å². The van der Waals surface area contributed by atoms with Crippen molar-refractivity contribution in [2.24, 2.45) is 5.11 Å². The first-order valence-electron chi connectivity index (χ1n) is 11.0. The molecule has 0 aliphatic carbocycles. The predicted octanol–water partition coefficient (Wildman–Crippen LogP) is 3.24. The number of azide groups is 1. The third-order valence-electron chi connectivity index (χ3n) is 5.33. The highest BCUT2D eigenvalue weighted by Crippen LogP contribution is 2.43. The lowest BCUT2D eigenvalue weighted by atomic mass is 9.88. The van der Waals surface area contributed by atoms with Crippen LogP contribution >= 0.6 is 0 Å². The van der Waals surface area contributed by atoms with E-state index < -0.39 is 41.9 Å². The van der Waals surface area contributed by atoms with Crippen molar-refractivity contribution in [2.75, 3.05) is 27.1 Å². The number of fused-ring (bicyclic) bond motifs is 1. The van der Waals surface area contributed by atoms with Crippen LogP contribution in [-0.2, 0) is 44.6 Å². The molecule has 2 aliphatic rings. The van der Waals surface area contributed by atoms with Gasteiger partial charge in [-0.3, -0.25) is 0 Å². The summed E-state index contributed by atoms with van der Waals surface area (Å²) >= 11 is 0. The Balaban J connectivity index is 1.95. The Hall–Kier alpha value is -2.50. The first-order valence-corrected chi connectivity index (χ1v) is 11.0. The van der Waals surface area contributed by atoms with Crippen molar-refractivity contribution >= 4 is 5.97 Å². The fourth-order valence-corrected chi connectivity index (χ4v) is 3.95. The molecule has 5 atom stereocenters. The zero-order valence-electron chi connectivity index (χ0n) is 19.8.